The molecule has 4 aliphatic carbocycles. The second kappa shape index (κ2) is 4.74. The third-order valence-corrected chi connectivity index (χ3v) is 8.79. The number of hydrogen-bond donors (Lipinski definition) is 3. The number of fused-ring (bicyclic) bond motifs is 3. The number of aliphatic hydroxyl groups excluding tert-OH is 2. The molecule has 0 aliphatic heterocycles. The maximum atomic E-state index is 10.9. The summed E-state index contributed by atoms with van der Waals surface area (Å²) >= 11 is 0. The molecule has 0 aromatic rings. The van der Waals surface area contributed by atoms with Crippen molar-refractivity contribution < 1.29 is 15.3 Å². The Morgan fingerprint density at radius 2 is 1.70 bits per heavy atom. The average molecular weight is 322 g/mol. The second-order valence-corrected chi connectivity index (χ2v) is 10.5. The average Bonchev–Trinajstić information content (AvgIpc) is 2.64. The van der Waals surface area contributed by atoms with E-state index in [4.69, 9.17) is 0 Å². The van der Waals surface area contributed by atoms with Crippen LogP contribution < -0.4 is 0 Å². The topological polar surface area (TPSA) is 60.7 Å². The van der Waals surface area contributed by atoms with Crippen LogP contribution in [0.4, 0.5) is 0 Å². The summed E-state index contributed by atoms with van der Waals surface area (Å²) in [5.74, 6) is 1.55. The van der Waals surface area contributed by atoms with Crippen LogP contribution in [0.25, 0.3) is 0 Å². The fourth-order valence-electron chi connectivity index (χ4n) is 8.30. The summed E-state index contributed by atoms with van der Waals surface area (Å²) in [6, 6.07) is 0. The Balaban J connectivity index is 1.73. The molecule has 4 rings (SSSR count). The highest BCUT2D eigenvalue weighted by molar-refractivity contribution is 5.17. The molecule has 0 saturated heterocycles. The highest BCUT2D eigenvalue weighted by atomic mass is 16.3. The molecule has 0 amide bonds. The normalized spacial score (nSPS) is 57.7. The van der Waals surface area contributed by atoms with Crippen molar-refractivity contribution in [3.63, 3.8) is 0 Å². The fourth-order valence-corrected chi connectivity index (χ4v) is 8.30. The van der Waals surface area contributed by atoms with E-state index >= 15 is 0 Å². The maximum absolute atomic E-state index is 10.9. The lowest BCUT2D eigenvalue weighted by Gasteiger charge is -2.64. The first-order chi connectivity index (χ1) is 10.7. The van der Waals surface area contributed by atoms with E-state index in [0.717, 1.165) is 32.1 Å². The molecular formula is C20H34O3. The van der Waals surface area contributed by atoms with Crippen LogP contribution in [0, 0.1) is 34.0 Å². The van der Waals surface area contributed by atoms with E-state index < -0.39 is 5.60 Å². The first-order valence-corrected chi connectivity index (χ1v) is 9.67. The molecule has 4 saturated carbocycles. The molecule has 4 aliphatic rings. The number of rotatable bonds is 1. The lowest BCUT2D eigenvalue weighted by Crippen LogP contribution is -2.58. The zero-order valence-corrected chi connectivity index (χ0v) is 15.0. The van der Waals surface area contributed by atoms with Crippen molar-refractivity contribution in [2.24, 2.45) is 34.0 Å². The van der Waals surface area contributed by atoms with E-state index in [2.05, 4.69) is 20.8 Å². The van der Waals surface area contributed by atoms with Gasteiger partial charge in [0.1, 0.15) is 0 Å². The molecular weight excluding hydrogens is 288 g/mol. The Morgan fingerprint density at radius 3 is 2.39 bits per heavy atom. The summed E-state index contributed by atoms with van der Waals surface area (Å²) in [5.41, 5.74) is -0.249. The molecule has 2 bridgehead atoms. The first-order valence-electron chi connectivity index (χ1n) is 9.67. The SMILES string of the molecule is CC1(C)C[C@@H](O)C[C@@]2(C)[C@H]1CC[C@@]13C[C@@H](CC[C@@H]12)[C@@](O)(CO)C3. The van der Waals surface area contributed by atoms with E-state index in [1.165, 1.54) is 19.3 Å². The van der Waals surface area contributed by atoms with Crippen LogP contribution in [-0.4, -0.2) is 33.6 Å². The van der Waals surface area contributed by atoms with Gasteiger partial charge in [-0.15, -0.1) is 0 Å². The van der Waals surface area contributed by atoms with Crippen LogP contribution in [0.1, 0.15) is 72.1 Å². The highest BCUT2D eigenvalue weighted by Gasteiger charge is 2.67. The van der Waals surface area contributed by atoms with E-state index in [1.54, 1.807) is 0 Å². The van der Waals surface area contributed by atoms with Crippen LogP contribution >= 0.6 is 0 Å². The van der Waals surface area contributed by atoms with Crippen molar-refractivity contribution >= 4 is 0 Å². The van der Waals surface area contributed by atoms with Gasteiger partial charge in [0.15, 0.2) is 0 Å². The van der Waals surface area contributed by atoms with Crippen LogP contribution in [-0.2, 0) is 0 Å². The highest BCUT2D eigenvalue weighted by Crippen LogP contribution is 2.72. The molecule has 23 heavy (non-hydrogen) atoms. The predicted molar refractivity (Wildman–Crippen MR) is 89.8 cm³/mol. The van der Waals surface area contributed by atoms with Gasteiger partial charge in [-0.2, -0.15) is 0 Å². The Hall–Kier alpha value is -0.120. The van der Waals surface area contributed by atoms with Crippen molar-refractivity contribution in [1.82, 2.24) is 0 Å². The monoisotopic (exact) mass is 322 g/mol. The molecule has 0 heterocycles. The van der Waals surface area contributed by atoms with E-state index in [9.17, 15) is 15.3 Å². The standard InChI is InChI=1S/C20H34O3/c1-17(2)9-14(22)10-18(3)15(17)6-7-19-8-13(4-5-16(18)19)20(23,11-19)12-21/h13-16,21-23H,4-12H2,1-3H3/t13-,14-,15+,16-,18+,19+,20+/m1/s1. The van der Waals surface area contributed by atoms with Crippen molar-refractivity contribution in [3.05, 3.63) is 0 Å². The molecule has 3 nitrogen and oxygen atoms in total. The van der Waals surface area contributed by atoms with Crippen LogP contribution in [0.2, 0.25) is 0 Å². The van der Waals surface area contributed by atoms with Crippen molar-refractivity contribution in [3.8, 4) is 0 Å². The molecule has 3 N–H and O–H groups in total. The summed E-state index contributed by atoms with van der Waals surface area (Å²) in [7, 11) is 0. The van der Waals surface area contributed by atoms with Gasteiger partial charge in [0, 0.05) is 0 Å². The van der Waals surface area contributed by atoms with Gasteiger partial charge >= 0.3 is 0 Å². The van der Waals surface area contributed by atoms with Gasteiger partial charge in [-0.1, -0.05) is 20.8 Å². The third-order valence-electron chi connectivity index (χ3n) is 8.79. The van der Waals surface area contributed by atoms with Crippen molar-refractivity contribution in [2.75, 3.05) is 6.61 Å². The van der Waals surface area contributed by atoms with Crippen molar-refractivity contribution in [2.45, 2.75) is 83.8 Å². The van der Waals surface area contributed by atoms with E-state index in [0.29, 0.717) is 11.8 Å². The number of hydrogen-bond acceptors (Lipinski definition) is 3. The Labute approximate surface area is 140 Å². The van der Waals surface area contributed by atoms with E-state index in [1.807, 2.05) is 0 Å². The fraction of sp³-hybridized carbons (Fsp3) is 1.00. The van der Waals surface area contributed by atoms with Gasteiger partial charge in [-0.05, 0) is 85.4 Å². The van der Waals surface area contributed by atoms with Crippen LogP contribution in [0.15, 0.2) is 0 Å². The smallest absolute Gasteiger partial charge is 0.0910 e. The largest absolute Gasteiger partial charge is 0.393 e. The zero-order valence-electron chi connectivity index (χ0n) is 15.0. The minimum absolute atomic E-state index is 0.0829. The molecule has 7 atom stereocenters. The summed E-state index contributed by atoms with van der Waals surface area (Å²) in [6.45, 7) is 7.05. The summed E-state index contributed by atoms with van der Waals surface area (Å²) in [6.07, 6.45) is 8.18. The molecule has 0 aromatic carbocycles. The van der Waals surface area contributed by atoms with Crippen LogP contribution in [0.3, 0.4) is 0 Å². The molecule has 0 radical (unpaired) electrons. The third kappa shape index (κ3) is 2.05. The maximum Gasteiger partial charge on any atom is 0.0910 e. The molecule has 3 heteroatoms. The zero-order chi connectivity index (χ0) is 16.7. The van der Waals surface area contributed by atoms with Gasteiger partial charge in [0.05, 0.1) is 18.3 Å². The minimum atomic E-state index is -0.846. The van der Waals surface area contributed by atoms with Crippen LogP contribution in [0.5, 0.6) is 0 Å². The molecule has 132 valence electrons. The molecule has 0 unspecified atom stereocenters. The molecule has 4 fully saturated rings. The first kappa shape index (κ1) is 16.4. The Morgan fingerprint density at radius 1 is 0.957 bits per heavy atom. The predicted octanol–water partition coefficient (Wildman–Crippen LogP) is 3.11. The second-order valence-electron chi connectivity index (χ2n) is 10.5. The van der Waals surface area contributed by atoms with Crippen molar-refractivity contribution in [1.29, 1.82) is 0 Å². The summed E-state index contributed by atoms with van der Waals surface area (Å²) < 4.78 is 0. The minimum Gasteiger partial charge on any atom is -0.393 e. The molecule has 1 spiro atoms. The lowest BCUT2D eigenvalue weighted by atomic mass is 9.41. The Kier molecular flexibility index (Phi) is 3.37. The van der Waals surface area contributed by atoms with Gasteiger partial charge in [-0.25, -0.2) is 0 Å². The summed E-state index contributed by atoms with van der Waals surface area (Å²) in [4.78, 5) is 0. The van der Waals surface area contributed by atoms with E-state index in [-0.39, 0.29) is 34.9 Å². The Bertz CT molecular complexity index is 503. The lowest BCUT2D eigenvalue weighted by molar-refractivity contribution is -0.171. The van der Waals surface area contributed by atoms with Gasteiger partial charge < -0.3 is 15.3 Å². The van der Waals surface area contributed by atoms with Gasteiger partial charge in [-0.3, -0.25) is 0 Å². The number of aliphatic hydroxyl groups is 3. The summed E-state index contributed by atoms with van der Waals surface area (Å²) in [5, 5.41) is 31.3. The molecule has 0 aromatic heterocycles. The quantitative estimate of drug-likeness (QED) is 0.695. The van der Waals surface area contributed by atoms with Gasteiger partial charge in [0.2, 0.25) is 0 Å². The van der Waals surface area contributed by atoms with Gasteiger partial charge in [0.25, 0.3) is 0 Å².